The molecule has 0 spiro atoms. The summed E-state index contributed by atoms with van der Waals surface area (Å²) in [6, 6.07) is 6.54. The minimum Gasteiger partial charge on any atom is -0.504 e. The quantitative estimate of drug-likeness (QED) is 0.405. The molecule has 0 bridgehead atoms. The number of carbonyl (C=O) groups is 2. The van der Waals surface area contributed by atoms with E-state index < -0.39 is 23.6 Å². The Kier molecular flexibility index (Phi) is 6.47. The highest BCUT2D eigenvalue weighted by atomic mass is 35.5. The van der Waals surface area contributed by atoms with Gasteiger partial charge in [-0.25, -0.2) is 5.43 Å². The van der Waals surface area contributed by atoms with E-state index in [9.17, 15) is 27.9 Å². The van der Waals surface area contributed by atoms with Gasteiger partial charge in [-0.05, 0) is 42.0 Å². The minimum atomic E-state index is -4.64. The predicted molar refractivity (Wildman–Crippen MR) is 95.5 cm³/mol. The zero-order valence-corrected chi connectivity index (χ0v) is 14.9. The van der Waals surface area contributed by atoms with Crippen molar-refractivity contribution in [3.8, 4) is 11.5 Å². The highest BCUT2D eigenvalue weighted by Gasteiger charge is 2.31. The number of ether oxygens (including phenoxy) is 1. The first kappa shape index (κ1) is 21.0. The van der Waals surface area contributed by atoms with Crippen LogP contribution < -0.4 is 15.5 Å². The van der Waals surface area contributed by atoms with Crippen molar-refractivity contribution in [1.29, 1.82) is 0 Å². The smallest absolute Gasteiger partial charge is 0.416 e. The number of anilines is 1. The summed E-state index contributed by atoms with van der Waals surface area (Å²) in [5.41, 5.74) is 0.952. The van der Waals surface area contributed by atoms with Gasteiger partial charge in [0.2, 0.25) is 0 Å². The first-order valence-electron chi connectivity index (χ1n) is 7.50. The maximum atomic E-state index is 12.7. The minimum absolute atomic E-state index is 0.0963. The molecule has 2 aromatic rings. The lowest BCUT2D eigenvalue weighted by Gasteiger charge is -2.11. The Hall–Kier alpha value is -3.27. The van der Waals surface area contributed by atoms with Crippen molar-refractivity contribution in [2.45, 2.75) is 6.18 Å². The Labute approximate surface area is 161 Å². The summed E-state index contributed by atoms with van der Waals surface area (Å²) in [4.78, 5) is 23.6. The number of rotatable bonds is 4. The third kappa shape index (κ3) is 5.36. The van der Waals surface area contributed by atoms with Crippen molar-refractivity contribution in [2.24, 2.45) is 5.10 Å². The molecule has 0 radical (unpaired) electrons. The number of alkyl halides is 3. The standard InChI is InChI=1S/C17H13ClF3N3O4/c1-28-14-6-9(2-5-13(14)25)8-22-24-16(27)15(26)23-12-7-10(17(19,20)21)3-4-11(12)18/h2-8,25H,1H3,(H,23,26)(H,24,27). The van der Waals surface area contributed by atoms with Crippen molar-refractivity contribution >= 4 is 35.3 Å². The Morgan fingerprint density at radius 2 is 1.89 bits per heavy atom. The number of hydrazone groups is 1. The van der Waals surface area contributed by atoms with E-state index in [2.05, 4.69) is 5.10 Å². The van der Waals surface area contributed by atoms with E-state index in [4.69, 9.17) is 16.3 Å². The van der Waals surface area contributed by atoms with Gasteiger partial charge in [-0.3, -0.25) is 9.59 Å². The first-order chi connectivity index (χ1) is 13.1. The maximum absolute atomic E-state index is 12.7. The van der Waals surface area contributed by atoms with Gasteiger partial charge in [0.05, 0.1) is 29.6 Å². The maximum Gasteiger partial charge on any atom is 0.416 e. The molecule has 0 saturated heterocycles. The summed E-state index contributed by atoms with van der Waals surface area (Å²) in [6.07, 6.45) is -3.47. The molecule has 0 fully saturated rings. The molecule has 0 heterocycles. The summed E-state index contributed by atoms with van der Waals surface area (Å²) in [5.74, 6) is -2.41. The topological polar surface area (TPSA) is 100 Å². The molecular weight excluding hydrogens is 403 g/mol. The van der Waals surface area contributed by atoms with Crippen LogP contribution in [0.3, 0.4) is 0 Å². The van der Waals surface area contributed by atoms with Gasteiger partial charge in [-0.2, -0.15) is 18.3 Å². The van der Waals surface area contributed by atoms with Crippen molar-refractivity contribution in [2.75, 3.05) is 12.4 Å². The van der Waals surface area contributed by atoms with Crippen LogP contribution in [0.5, 0.6) is 11.5 Å². The molecular formula is C17H13ClF3N3O4. The molecule has 11 heteroatoms. The molecule has 0 aliphatic heterocycles. The second kappa shape index (κ2) is 8.61. The molecule has 0 aliphatic carbocycles. The number of hydrogen-bond donors (Lipinski definition) is 3. The van der Waals surface area contributed by atoms with E-state index in [-0.39, 0.29) is 22.2 Å². The van der Waals surface area contributed by atoms with Gasteiger partial charge < -0.3 is 15.2 Å². The third-order valence-electron chi connectivity index (χ3n) is 3.33. The molecule has 148 valence electrons. The summed E-state index contributed by atoms with van der Waals surface area (Å²) in [5, 5.41) is 14.8. The van der Waals surface area contributed by atoms with E-state index in [1.165, 1.54) is 31.5 Å². The van der Waals surface area contributed by atoms with E-state index in [0.717, 1.165) is 12.1 Å². The molecule has 0 saturated carbocycles. The number of methoxy groups -OCH3 is 1. The molecule has 0 aliphatic rings. The number of phenols is 1. The molecule has 0 atom stereocenters. The van der Waals surface area contributed by atoms with Crippen molar-refractivity contribution in [3.63, 3.8) is 0 Å². The number of nitrogens with one attached hydrogen (secondary N) is 2. The van der Waals surface area contributed by atoms with Crippen LogP contribution in [-0.2, 0) is 15.8 Å². The SMILES string of the molecule is COc1cc(C=NNC(=O)C(=O)Nc2cc(C(F)(F)F)ccc2Cl)ccc1O. The summed E-state index contributed by atoms with van der Waals surface area (Å²) in [7, 11) is 1.35. The third-order valence-corrected chi connectivity index (χ3v) is 3.66. The number of halogens is 4. The van der Waals surface area contributed by atoms with Crippen LogP contribution >= 0.6 is 11.6 Å². The molecule has 3 N–H and O–H groups in total. The fraction of sp³-hybridized carbons (Fsp3) is 0.118. The molecule has 7 nitrogen and oxygen atoms in total. The fourth-order valence-electron chi connectivity index (χ4n) is 1.97. The fourth-order valence-corrected chi connectivity index (χ4v) is 2.13. The molecule has 2 rings (SSSR count). The van der Waals surface area contributed by atoms with Crippen LogP contribution in [0, 0.1) is 0 Å². The number of benzene rings is 2. The highest BCUT2D eigenvalue weighted by Crippen LogP contribution is 2.33. The second-order valence-corrected chi connectivity index (χ2v) is 5.68. The van der Waals surface area contributed by atoms with Crippen LogP contribution in [0.1, 0.15) is 11.1 Å². The van der Waals surface area contributed by atoms with Crippen molar-refractivity contribution in [1.82, 2.24) is 5.43 Å². The number of carbonyl (C=O) groups excluding carboxylic acids is 2. The summed E-state index contributed by atoms with van der Waals surface area (Å²) in [6.45, 7) is 0. The van der Waals surface area contributed by atoms with E-state index in [1.807, 2.05) is 10.7 Å². The lowest BCUT2D eigenvalue weighted by molar-refractivity contribution is -0.137. The van der Waals surface area contributed by atoms with Crippen LogP contribution in [0.15, 0.2) is 41.5 Å². The Morgan fingerprint density at radius 1 is 1.18 bits per heavy atom. The van der Waals surface area contributed by atoms with Gasteiger partial charge in [0.15, 0.2) is 11.5 Å². The normalized spacial score (nSPS) is 11.3. The number of amides is 2. The van der Waals surface area contributed by atoms with E-state index in [0.29, 0.717) is 11.6 Å². The molecule has 0 unspecified atom stereocenters. The zero-order chi connectivity index (χ0) is 20.9. The first-order valence-corrected chi connectivity index (χ1v) is 7.87. The Balaban J connectivity index is 2.03. The number of aromatic hydroxyl groups is 1. The second-order valence-electron chi connectivity index (χ2n) is 5.28. The molecule has 0 aromatic heterocycles. The van der Waals surface area contributed by atoms with Crippen LogP contribution in [-0.4, -0.2) is 30.2 Å². The number of nitrogens with zero attached hydrogens (tertiary/aromatic N) is 1. The van der Waals surface area contributed by atoms with E-state index in [1.54, 1.807) is 0 Å². The molecule has 28 heavy (non-hydrogen) atoms. The van der Waals surface area contributed by atoms with Gasteiger partial charge in [0, 0.05) is 0 Å². The Bertz CT molecular complexity index is 932. The van der Waals surface area contributed by atoms with Gasteiger partial charge in [-0.1, -0.05) is 11.6 Å². The zero-order valence-electron chi connectivity index (χ0n) is 14.2. The monoisotopic (exact) mass is 415 g/mol. The van der Waals surface area contributed by atoms with Crippen LogP contribution in [0.2, 0.25) is 5.02 Å². The summed E-state index contributed by atoms with van der Waals surface area (Å²) >= 11 is 5.75. The lowest BCUT2D eigenvalue weighted by atomic mass is 10.2. The average molecular weight is 416 g/mol. The largest absolute Gasteiger partial charge is 0.504 e. The Morgan fingerprint density at radius 3 is 2.54 bits per heavy atom. The average Bonchev–Trinajstić information content (AvgIpc) is 2.63. The van der Waals surface area contributed by atoms with Crippen LogP contribution in [0.25, 0.3) is 0 Å². The van der Waals surface area contributed by atoms with Gasteiger partial charge in [-0.15, -0.1) is 0 Å². The number of hydrogen-bond acceptors (Lipinski definition) is 5. The summed E-state index contributed by atoms with van der Waals surface area (Å²) < 4.78 is 43.1. The van der Waals surface area contributed by atoms with Crippen LogP contribution in [0.4, 0.5) is 18.9 Å². The highest BCUT2D eigenvalue weighted by molar-refractivity contribution is 6.41. The van der Waals surface area contributed by atoms with Crippen molar-refractivity contribution in [3.05, 3.63) is 52.5 Å². The predicted octanol–water partition coefficient (Wildman–Crippen LogP) is 3.16. The molecule has 2 aromatic carbocycles. The molecule has 2 amide bonds. The number of phenolic OH excluding ortho intramolecular Hbond substituents is 1. The van der Waals surface area contributed by atoms with Crippen molar-refractivity contribution < 1.29 is 32.6 Å². The van der Waals surface area contributed by atoms with E-state index >= 15 is 0 Å². The lowest BCUT2D eigenvalue weighted by Crippen LogP contribution is -2.32. The van der Waals surface area contributed by atoms with Gasteiger partial charge in [0.25, 0.3) is 0 Å². The van der Waals surface area contributed by atoms with Gasteiger partial charge >= 0.3 is 18.0 Å². The van der Waals surface area contributed by atoms with Gasteiger partial charge in [0.1, 0.15) is 0 Å².